The van der Waals surface area contributed by atoms with Crippen molar-refractivity contribution < 1.29 is 9.53 Å². The second-order valence-electron chi connectivity index (χ2n) is 8.37. The standard InChI is InChI=1S/C25H30N6O2/c1-17(2)23(26)24(32)28-19-5-3-18(4-6-19)22-11-12-27-25(30-22)29-20-7-9-21(10-8-20)31-13-15-33-16-14-31/h3-12,17,23H,13-16,26H2,1-2H3,(H,28,32)(H,27,29,30). The number of carbonyl (C=O) groups excluding carboxylic acids is 1. The minimum Gasteiger partial charge on any atom is -0.378 e. The number of carbonyl (C=O) groups is 1. The van der Waals surface area contributed by atoms with E-state index in [4.69, 9.17) is 10.5 Å². The van der Waals surface area contributed by atoms with Crippen LogP contribution in [0.5, 0.6) is 0 Å². The van der Waals surface area contributed by atoms with Gasteiger partial charge in [0.05, 0.1) is 24.9 Å². The summed E-state index contributed by atoms with van der Waals surface area (Å²) in [6, 6.07) is 17.1. The maximum absolute atomic E-state index is 12.2. The molecule has 4 rings (SSSR count). The Labute approximate surface area is 194 Å². The smallest absolute Gasteiger partial charge is 0.241 e. The van der Waals surface area contributed by atoms with E-state index in [1.165, 1.54) is 5.69 Å². The van der Waals surface area contributed by atoms with Gasteiger partial charge >= 0.3 is 0 Å². The first-order valence-corrected chi connectivity index (χ1v) is 11.2. The fourth-order valence-electron chi connectivity index (χ4n) is 3.54. The summed E-state index contributed by atoms with van der Waals surface area (Å²) in [5.74, 6) is 0.407. The number of hydrogen-bond acceptors (Lipinski definition) is 7. The highest BCUT2D eigenvalue weighted by atomic mass is 16.5. The normalized spacial score (nSPS) is 14.7. The van der Waals surface area contributed by atoms with Crippen molar-refractivity contribution in [3.8, 4) is 11.3 Å². The fourth-order valence-corrected chi connectivity index (χ4v) is 3.54. The van der Waals surface area contributed by atoms with Gasteiger partial charge in [-0.2, -0.15) is 0 Å². The zero-order valence-corrected chi connectivity index (χ0v) is 19.0. The molecule has 2 heterocycles. The summed E-state index contributed by atoms with van der Waals surface area (Å²) in [6.45, 7) is 7.19. The molecule has 1 saturated heterocycles. The highest BCUT2D eigenvalue weighted by Crippen LogP contribution is 2.23. The van der Waals surface area contributed by atoms with Gasteiger partial charge in [-0.05, 0) is 48.4 Å². The third-order valence-electron chi connectivity index (χ3n) is 5.62. The van der Waals surface area contributed by atoms with Crippen molar-refractivity contribution in [2.24, 2.45) is 11.7 Å². The van der Waals surface area contributed by atoms with Gasteiger partial charge < -0.3 is 26.0 Å². The molecule has 1 atom stereocenters. The quantitative estimate of drug-likeness (QED) is 0.509. The zero-order valence-electron chi connectivity index (χ0n) is 19.0. The first kappa shape index (κ1) is 22.7. The van der Waals surface area contributed by atoms with E-state index in [2.05, 4.69) is 37.6 Å². The maximum atomic E-state index is 12.2. The summed E-state index contributed by atoms with van der Waals surface area (Å²) in [6.07, 6.45) is 1.73. The number of ether oxygens (including phenoxy) is 1. The molecule has 33 heavy (non-hydrogen) atoms. The van der Waals surface area contributed by atoms with Crippen LogP contribution in [0, 0.1) is 5.92 Å². The van der Waals surface area contributed by atoms with Crippen molar-refractivity contribution in [3.05, 3.63) is 60.8 Å². The molecule has 0 radical (unpaired) electrons. The average molecular weight is 447 g/mol. The fraction of sp³-hybridized carbons (Fsp3) is 0.320. The third kappa shape index (κ3) is 5.85. The van der Waals surface area contributed by atoms with E-state index in [0.717, 1.165) is 43.2 Å². The topological polar surface area (TPSA) is 105 Å². The van der Waals surface area contributed by atoms with Crippen molar-refractivity contribution in [3.63, 3.8) is 0 Å². The van der Waals surface area contributed by atoms with Crippen LogP contribution < -0.4 is 21.3 Å². The van der Waals surface area contributed by atoms with Gasteiger partial charge in [0.25, 0.3) is 0 Å². The average Bonchev–Trinajstić information content (AvgIpc) is 2.85. The summed E-state index contributed by atoms with van der Waals surface area (Å²) in [5, 5.41) is 6.12. The minimum absolute atomic E-state index is 0.0757. The van der Waals surface area contributed by atoms with Crippen molar-refractivity contribution in [2.45, 2.75) is 19.9 Å². The van der Waals surface area contributed by atoms with Crippen molar-refractivity contribution in [1.82, 2.24) is 9.97 Å². The molecule has 0 saturated carbocycles. The van der Waals surface area contributed by atoms with Crippen LogP contribution in [0.1, 0.15) is 13.8 Å². The van der Waals surface area contributed by atoms with E-state index in [1.807, 2.05) is 56.3 Å². The summed E-state index contributed by atoms with van der Waals surface area (Å²) < 4.78 is 5.42. The highest BCUT2D eigenvalue weighted by molar-refractivity contribution is 5.95. The molecule has 0 aliphatic carbocycles. The number of hydrogen-bond donors (Lipinski definition) is 3. The van der Waals surface area contributed by atoms with Crippen molar-refractivity contribution in [1.29, 1.82) is 0 Å². The van der Waals surface area contributed by atoms with Gasteiger partial charge in [0.1, 0.15) is 0 Å². The van der Waals surface area contributed by atoms with Gasteiger partial charge in [0.2, 0.25) is 11.9 Å². The Bertz CT molecular complexity index is 1060. The molecular formula is C25H30N6O2. The number of nitrogens with zero attached hydrogens (tertiary/aromatic N) is 3. The van der Waals surface area contributed by atoms with E-state index in [0.29, 0.717) is 11.6 Å². The number of morpholine rings is 1. The lowest BCUT2D eigenvalue weighted by Crippen LogP contribution is -2.39. The van der Waals surface area contributed by atoms with Crippen LogP contribution in [0.2, 0.25) is 0 Å². The Balaban J connectivity index is 1.41. The van der Waals surface area contributed by atoms with E-state index in [1.54, 1.807) is 6.20 Å². The second-order valence-corrected chi connectivity index (χ2v) is 8.37. The molecule has 1 aliphatic heterocycles. The van der Waals surface area contributed by atoms with Crippen LogP contribution >= 0.6 is 0 Å². The monoisotopic (exact) mass is 446 g/mol. The molecule has 1 fully saturated rings. The van der Waals surface area contributed by atoms with E-state index in [-0.39, 0.29) is 11.8 Å². The van der Waals surface area contributed by atoms with Crippen LogP contribution in [0.4, 0.5) is 23.0 Å². The number of anilines is 4. The molecule has 8 nitrogen and oxygen atoms in total. The SMILES string of the molecule is CC(C)C(N)C(=O)Nc1ccc(-c2ccnc(Nc3ccc(N4CCOCC4)cc3)n2)cc1. The Morgan fingerprint density at radius 2 is 1.67 bits per heavy atom. The molecule has 4 N–H and O–H groups in total. The number of aromatic nitrogens is 2. The largest absolute Gasteiger partial charge is 0.378 e. The Kier molecular flexibility index (Phi) is 7.16. The molecule has 0 spiro atoms. The molecule has 2 aromatic carbocycles. The number of amides is 1. The van der Waals surface area contributed by atoms with Gasteiger partial charge in [-0.1, -0.05) is 26.0 Å². The second kappa shape index (κ2) is 10.4. The Hall–Kier alpha value is -3.49. The van der Waals surface area contributed by atoms with Crippen LogP contribution in [0.25, 0.3) is 11.3 Å². The number of nitrogens with one attached hydrogen (secondary N) is 2. The van der Waals surface area contributed by atoms with Crippen LogP contribution in [-0.4, -0.2) is 48.2 Å². The molecule has 172 valence electrons. The summed E-state index contributed by atoms with van der Waals surface area (Å²) in [5.41, 5.74) is 10.4. The van der Waals surface area contributed by atoms with E-state index in [9.17, 15) is 4.79 Å². The van der Waals surface area contributed by atoms with Crippen LogP contribution in [0.3, 0.4) is 0 Å². The molecule has 0 bridgehead atoms. The Morgan fingerprint density at radius 3 is 2.33 bits per heavy atom. The van der Waals surface area contributed by atoms with E-state index >= 15 is 0 Å². The van der Waals surface area contributed by atoms with Crippen molar-refractivity contribution in [2.75, 3.05) is 41.8 Å². The zero-order chi connectivity index (χ0) is 23.2. The third-order valence-corrected chi connectivity index (χ3v) is 5.62. The molecule has 1 amide bonds. The first-order chi connectivity index (χ1) is 16.0. The minimum atomic E-state index is -0.539. The predicted octanol–water partition coefficient (Wildman–Crippen LogP) is 3.65. The maximum Gasteiger partial charge on any atom is 0.241 e. The lowest BCUT2D eigenvalue weighted by Gasteiger charge is -2.28. The van der Waals surface area contributed by atoms with Gasteiger partial charge in [0.15, 0.2) is 0 Å². The number of benzene rings is 2. The van der Waals surface area contributed by atoms with Crippen LogP contribution in [-0.2, 0) is 9.53 Å². The summed E-state index contributed by atoms with van der Waals surface area (Å²) in [7, 11) is 0. The molecule has 1 aromatic heterocycles. The molecule has 3 aromatic rings. The van der Waals surface area contributed by atoms with Gasteiger partial charge in [-0.25, -0.2) is 9.97 Å². The lowest BCUT2D eigenvalue weighted by molar-refractivity contribution is -0.118. The summed E-state index contributed by atoms with van der Waals surface area (Å²) >= 11 is 0. The summed E-state index contributed by atoms with van der Waals surface area (Å²) in [4.78, 5) is 23.5. The number of rotatable bonds is 7. The van der Waals surface area contributed by atoms with Gasteiger partial charge in [-0.15, -0.1) is 0 Å². The highest BCUT2D eigenvalue weighted by Gasteiger charge is 2.17. The predicted molar refractivity (Wildman–Crippen MR) is 132 cm³/mol. The van der Waals surface area contributed by atoms with Crippen molar-refractivity contribution >= 4 is 28.9 Å². The molecule has 1 aliphatic rings. The van der Waals surface area contributed by atoms with Gasteiger partial charge in [-0.3, -0.25) is 4.79 Å². The Morgan fingerprint density at radius 1 is 1.00 bits per heavy atom. The van der Waals surface area contributed by atoms with Crippen LogP contribution in [0.15, 0.2) is 60.8 Å². The molecule has 1 unspecified atom stereocenters. The molecule has 8 heteroatoms. The van der Waals surface area contributed by atoms with E-state index < -0.39 is 6.04 Å². The first-order valence-electron chi connectivity index (χ1n) is 11.2. The lowest BCUT2D eigenvalue weighted by atomic mass is 10.0. The number of nitrogens with two attached hydrogens (primary N) is 1. The molecular weight excluding hydrogens is 416 g/mol. The van der Waals surface area contributed by atoms with Gasteiger partial charge in [0, 0.05) is 41.9 Å².